The van der Waals surface area contributed by atoms with Crippen LogP contribution in [0.5, 0.6) is 0 Å². The third-order valence-electron chi connectivity index (χ3n) is 3.40. The molecule has 0 radical (unpaired) electrons. The Hall–Kier alpha value is -1.91. The molecule has 1 amide bonds. The van der Waals surface area contributed by atoms with E-state index < -0.39 is 5.97 Å². The van der Waals surface area contributed by atoms with E-state index in [2.05, 4.69) is 5.32 Å². The lowest BCUT2D eigenvalue weighted by atomic mass is 10.1. The molecule has 2 N–H and O–H groups in total. The fraction of sp³-hybridized carbons (Fsp3) is 0.429. The van der Waals surface area contributed by atoms with Crippen LogP contribution in [0.25, 0.3) is 0 Å². The van der Waals surface area contributed by atoms with E-state index in [9.17, 15) is 14.0 Å². The number of carboxylic acid groups (broad SMARTS) is 1. The van der Waals surface area contributed by atoms with E-state index in [1.807, 2.05) is 0 Å². The predicted molar refractivity (Wildman–Crippen MR) is 67.0 cm³/mol. The van der Waals surface area contributed by atoms with Gasteiger partial charge < -0.3 is 10.4 Å². The summed E-state index contributed by atoms with van der Waals surface area (Å²) in [5.74, 6) is -1.72. The summed E-state index contributed by atoms with van der Waals surface area (Å²) in [4.78, 5) is 22.6. The molecule has 1 aromatic rings. The van der Waals surface area contributed by atoms with Crippen LogP contribution in [0.3, 0.4) is 0 Å². The smallest absolute Gasteiger partial charge is 0.306 e. The van der Waals surface area contributed by atoms with Crippen molar-refractivity contribution in [1.29, 1.82) is 0 Å². The van der Waals surface area contributed by atoms with E-state index in [4.69, 9.17) is 5.11 Å². The summed E-state index contributed by atoms with van der Waals surface area (Å²) in [6, 6.07) is 5.83. The van der Waals surface area contributed by atoms with Crippen LogP contribution in [0.1, 0.15) is 24.8 Å². The Morgan fingerprint density at radius 2 is 2.16 bits per heavy atom. The van der Waals surface area contributed by atoms with Crippen molar-refractivity contribution in [2.75, 3.05) is 0 Å². The highest BCUT2D eigenvalue weighted by molar-refractivity contribution is 5.79. The SMILES string of the molecule is O=C(Cc1cccc(F)c1)NC1CCC(C(=O)O)C1. The van der Waals surface area contributed by atoms with E-state index in [0.717, 1.165) is 0 Å². The number of carbonyl (C=O) groups is 2. The second-order valence-electron chi connectivity index (χ2n) is 4.92. The van der Waals surface area contributed by atoms with Gasteiger partial charge in [0.25, 0.3) is 0 Å². The molecule has 102 valence electrons. The van der Waals surface area contributed by atoms with Gasteiger partial charge in [-0.2, -0.15) is 0 Å². The van der Waals surface area contributed by atoms with Crippen molar-refractivity contribution in [2.45, 2.75) is 31.7 Å². The summed E-state index contributed by atoms with van der Waals surface area (Å²) in [5.41, 5.74) is 0.616. The molecule has 1 saturated carbocycles. The van der Waals surface area contributed by atoms with Crippen LogP contribution in [0, 0.1) is 11.7 Å². The number of benzene rings is 1. The first kappa shape index (κ1) is 13.5. The fourth-order valence-corrected chi connectivity index (χ4v) is 2.45. The average molecular weight is 265 g/mol. The largest absolute Gasteiger partial charge is 0.481 e. The molecule has 2 unspecified atom stereocenters. The molecule has 0 spiro atoms. The van der Waals surface area contributed by atoms with Gasteiger partial charge in [-0.15, -0.1) is 0 Å². The van der Waals surface area contributed by atoms with Crippen molar-refractivity contribution < 1.29 is 19.1 Å². The number of carboxylic acids is 1. The molecule has 0 aromatic heterocycles. The summed E-state index contributed by atoms with van der Waals surface area (Å²) in [5, 5.41) is 11.7. The number of carbonyl (C=O) groups excluding carboxylic acids is 1. The maximum absolute atomic E-state index is 13.0. The molecule has 4 nitrogen and oxygen atoms in total. The van der Waals surface area contributed by atoms with E-state index in [0.29, 0.717) is 24.8 Å². The van der Waals surface area contributed by atoms with Gasteiger partial charge in [0.05, 0.1) is 12.3 Å². The van der Waals surface area contributed by atoms with Crippen LogP contribution in [0.15, 0.2) is 24.3 Å². The number of hydrogen-bond acceptors (Lipinski definition) is 2. The molecule has 2 atom stereocenters. The minimum absolute atomic E-state index is 0.0813. The Morgan fingerprint density at radius 3 is 2.79 bits per heavy atom. The Kier molecular flexibility index (Phi) is 4.14. The number of halogens is 1. The van der Waals surface area contributed by atoms with Crippen LogP contribution < -0.4 is 5.32 Å². The van der Waals surface area contributed by atoms with Crippen molar-refractivity contribution in [1.82, 2.24) is 5.32 Å². The summed E-state index contributed by atoms with van der Waals surface area (Å²) in [7, 11) is 0. The van der Waals surface area contributed by atoms with Gasteiger partial charge >= 0.3 is 5.97 Å². The van der Waals surface area contributed by atoms with Gasteiger partial charge in [-0.1, -0.05) is 12.1 Å². The van der Waals surface area contributed by atoms with Gasteiger partial charge in [0.1, 0.15) is 5.82 Å². The highest BCUT2D eigenvalue weighted by Gasteiger charge is 2.30. The normalized spacial score (nSPS) is 22.2. The van der Waals surface area contributed by atoms with Crippen LogP contribution in [0.2, 0.25) is 0 Å². The van der Waals surface area contributed by atoms with Crippen molar-refractivity contribution in [3.8, 4) is 0 Å². The zero-order chi connectivity index (χ0) is 13.8. The van der Waals surface area contributed by atoms with E-state index in [-0.39, 0.29) is 30.1 Å². The molecule has 2 rings (SSSR count). The summed E-state index contributed by atoms with van der Waals surface area (Å²) >= 11 is 0. The molecule has 1 aromatic carbocycles. The quantitative estimate of drug-likeness (QED) is 0.871. The zero-order valence-electron chi connectivity index (χ0n) is 10.4. The monoisotopic (exact) mass is 265 g/mol. The summed E-state index contributed by atoms with van der Waals surface area (Å²) < 4.78 is 13.0. The minimum Gasteiger partial charge on any atom is -0.481 e. The standard InChI is InChI=1S/C14H16FNO3/c15-11-3-1-2-9(6-11)7-13(17)16-12-5-4-10(8-12)14(18)19/h1-3,6,10,12H,4-5,7-8H2,(H,16,17)(H,18,19). The van der Waals surface area contributed by atoms with Crippen molar-refractivity contribution in [2.24, 2.45) is 5.92 Å². The third-order valence-corrected chi connectivity index (χ3v) is 3.40. The Labute approximate surface area is 110 Å². The minimum atomic E-state index is -0.804. The average Bonchev–Trinajstić information content (AvgIpc) is 2.77. The number of aliphatic carboxylic acids is 1. The van der Waals surface area contributed by atoms with E-state index in [1.54, 1.807) is 12.1 Å². The van der Waals surface area contributed by atoms with Crippen molar-refractivity contribution in [3.63, 3.8) is 0 Å². The molecule has 19 heavy (non-hydrogen) atoms. The number of nitrogens with one attached hydrogen (secondary N) is 1. The number of amides is 1. The Balaban J connectivity index is 1.84. The number of hydrogen-bond donors (Lipinski definition) is 2. The maximum atomic E-state index is 13.0. The molecule has 1 fully saturated rings. The molecule has 0 bridgehead atoms. The lowest BCUT2D eigenvalue weighted by Gasteiger charge is -2.12. The molecule has 1 aliphatic rings. The van der Waals surface area contributed by atoms with Crippen LogP contribution in [-0.2, 0) is 16.0 Å². The van der Waals surface area contributed by atoms with Crippen LogP contribution in [-0.4, -0.2) is 23.0 Å². The molecule has 0 heterocycles. The van der Waals surface area contributed by atoms with Gasteiger partial charge in [-0.3, -0.25) is 9.59 Å². The molecular weight excluding hydrogens is 249 g/mol. The molecule has 5 heteroatoms. The lowest BCUT2D eigenvalue weighted by molar-refractivity contribution is -0.141. The highest BCUT2D eigenvalue weighted by atomic mass is 19.1. The third kappa shape index (κ3) is 3.77. The lowest BCUT2D eigenvalue weighted by Crippen LogP contribution is -2.34. The van der Waals surface area contributed by atoms with Gasteiger partial charge in [0.2, 0.25) is 5.91 Å². The molecule has 0 aliphatic heterocycles. The zero-order valence-corrected chi connectivity index (χ0v) is 10.4. The number of rotatable bonds is 4. The van der Waals surface area contributed by atoms with Gasteiger partial charge in [0.15, 0.2) is 0 Å². The van der Waals surface area contributed by atoms with Crippen LogP contribution in [0.4, 0.5) is 4.39 Å². The maximum Gasteiger partial charge on any atom is 0.306 e. The van der Waals surface area contributed by atoms with Gasteiger partial charge in [-0.25, -0.2) is 4.39 Å². The topological polar surface area (TPSA) is 66.4 Å². The molecule has 0 saturated heterocycles. The first-order valence-electron chi connectivity index (χ1n) is 6.31. The first-order chi connectivity index (χ1) is 9.04. The van der Waals surface area contributed by atoms with Crippen molar-refractivity contribution in [3.05, 3.63) is 35.6 Å². The molecular formula is C14H16FNO3. The van der Waals surface area contributed by atoms with Gasteiger partial charge in [0, 0.05) is 6.04 Å². The summed E-state index contributed by atoms with van der Waals surface area (Å²) in [6.45, 7) is 0. The van der Waals surface area contributed by atoms with E-state index >= 15 is 0 Å². The Bertz CT molecular complexity index is 489. The first-order valence-corrected chi connectivity index (χ1v) is 6.31. The van der Waals surface area contributed by atoms with Gasteiger partial charge in [-0.05, 0) is 37.0 Å². The predicted octanol–water partition coefficient (Wildman–Crippen LogP) is 1.74. The van der Waals surface area contributed by atoms with E-state index in [1.165, 1.54) is 12.1 Å². The molecule has 1 aliphatic carbocycles. The fourth-order valence-electron chi connectivity index (χ4n) is 2.45. The Morgan fingerprint density at radius 1 is 1.37 bits per heavy atom. The summed E-state index contributed by atoms with van der Waals surface area (Å²) in [6.07, 6.45) is 1.88. The van der Waals surface area contributed by atoms with Crippen molar-refractivity contribution >= 4 is 11.9 Å². The second kappa shape index (κ2) is 5.82. The second-order valence-corrected chi connectivity index (χ2v) is 4.92. The highest BCUT2D eigenvalue weighted by Crippen LogP contribution is 2.25. The van der Waals surface area contributed by atoms with Crippen LogP contribution >= 0.6 is 0 Å².